The van der Waals surface area contributed by atoms with Crippen LogP contribution < -0.4 is 0 Å². The summed E-state index contributed by atoms with van der Waals surface area (Å²) < 4.78 is 5.93. The minimum Gasteiger partial charge on any atom is -0.462 e. The molecule has 0 spiro atoms. The standard InChI is InChI=1S/C39H58O3/c1-8-9-10-11-12-13-14-15-16-26-38(41)42-36-30-35(5)37(39(6,7)31-36)28-27-34(4)24-19-23-32(2)21-17-18-22-33(3)25-20-29-40/h17-25,27-29,36H,8-16,26,30-31H2,1-7H3/b18-17+,23-19+,25-20+,28-27+,32-21+,33-22+,34-24+/t36-/m1/s1. The molecule has 0 aromatic heterocycles. The third-order valence-electron chi connectivity index (χ3n) is 7.74. The summed E-state index contributed by atoms with van der Waals surface area (Å²) in [6.07, 6.45) is 36.2. The van der Waals surface area contributed by atoms with Crippen LogP contribution in [0.4, 0.5) is 0 Å². The van der Waals surface area contributed by atoms with Crippen molar-refractivity contribution in [3.63, 3.8) is 0 Å². The lowest BCUT2D eigenvalue weighted by atomic mass is 9.71. The van der Waals surface area contributed by atoms with Gasteiger partial charge in [-0.25, -0.2) is 0 Å². The van der Waals surface area contributed by atoms with Crippen LogP contribution in [0.2, 0.25) is 0 Å². The minimum atomic E-state index is -0.0425. The maximum Gasteiger partial charge on any atom is 0.306 e. The van der Waals surface area contributed by atoms with Crippen molar-refractivity contribution >= 4 is 12.3 Å². The van der Waals surface area contributed by atoms with Crippen molar-refractivity contribution in [2.75, 3.05) is 0 Å². The van der Waals surface area contributed by atoms with E-state index in [2.05, 4.69) is 78.0 Å². The first-order chi connectivity index (χ1) is 20.1. The van der Waals surface area contributed by atoms with Gasteiger partial charge in [-0.3, -0.25) is 9.59 Å². The Labute approximate surface area is 258 Å². The second-order valence-corrected chi connectivity index (χ2v) is 12.5. The van der Waals surface area contributed by atoms with Crippen LogP contribution in [0.25, 0.3) is 0 Å². The van der Waals surface area contributed by atoms with Crippen LogP contribution in [0.5, 0.6) is 0 Å². The SMILES string of the molecule is CCCCCCCCCCCC(=O)O[C@@H]1CC(C)=C(/C=C/C(C)=C/C=C/C(C)=C/C=C/C=C(C)/C=C/C=O)C(C)(C)C1. The molecule has 3 heteroatoms. The van der Waals surface area contributed by atoms with E-state index >= 15 is 0 Å². The summed E-state index contributed by atoms with van der Waals surface area (Å²) in [6, 6.07) is 0. The molecule has 0 saturated heterocycles. The third kappa shape index (κ3) is 17.1. The van der Waals surface area contributed by atoms with Gasteiger partial charge in [0.1, 0.15) is 12.4 Å². The third-order valence-corrected chi connectivity index (χ3v) is 7.74. The first-order valence-corrected chi connectivity index (χ1v) is 16.2. The minimum absolute atomic E-state index is 0.0289. The molecular weight excluding hydrogens is 516 g/mol. The molecule has 0 N–H and O–H groups in total. The molecule has 3 nitrogen and oxygen atoms in total. The average molecular weight is 575 g/mol. The fourth-order valence-corrected chi connectivity index (χ4v) is 5.40. The van der Waals surface area contributed by atoms with Gasteiger partial charge >= 0.3 is 5.97 Å². The zero-order chi connectivity index (χ0) is 31.2. The molecule has 0 radical (unpaired) electrons. The van der Waals surface area contributed by atoms with E-state index in [0.29, 0.717) is 6.42 Å². The monoisotopic (exact) mass is 574 g/mol. The molecular formula is C39H58O3. The van der Waals surface area contributed by atoms with Gasteiger partial charge in [0, 0.05) is 12.8 Å². The topological polar surface area (TPSA) is 43.4 Å². The van der Waals surface area contributed by atoms with Gasteiger partial charge in [0.2, 0.25) is 0 Å². The number of hydrogen-bond acceptors (Lipinski definition) is 3. The van der Waals surface area contributed by atoms with Gasteiger partial charge in [-0.15, -0.1) is 0 Å². The summed E-state index contributed by atoms with van der Waals surface area (Å²) in [5.41, 5.74) is 5.97. The van der Waals surface area contributed by atoms with Crippen LogP contribution in [-0.2, 0) is 14.3 Å². The number of rotatable bonds is 19. The van der Waals surface area contributed by atoms with Crippen LogP contribution in [0.1, 0.15) is 126 Å². The fraction of sp³-hybridized carbons (Fsp3) is 0.538. The first-order valence-electron chi connectivity index (χ1n) is 16.2. The summed E-state index contributed by atoms with van der Waals surface area (Å²) in [5.74, 6) is -0.0331. The number of carbonyl (C=O) groups is 2. The Balaban J connectivity index is 2.56. The predicted octanol–water partition coefficient (Wildman–Crippen LogP) is 11.2. The lowest BCUT2D eigenvalue weighted by Gasteiger charge is -2.37. The Morgan fingerprint density at radius 1 is 0.786 bits per heavy atom. The largest absolute Gasteiger partial charge is 0.462 e. The molecule has 0 bridgehead atoms. The molecule has 0 aromatic carbocycles. The Morgan fingerprint density at radius 3 is 1.88 bits per heavy atom. The Hall–Kier alpha value is -2.94. The molecule has 1 rings (SSSR count). The maximum absolute atomic E-state index is 12.5. The molecule has 232 valence electrons. The van der Waals surface area contributed by atoms with E-state index in [1.807, 2.05) is 25.2 Å². The van der Waals surface area contributed by atoms with Gasteiger partial charge in [-0.2, -0.15) is 0 Å². The van der Waals surface area contributed by atoms with Crippen LogP contribution >= 0.6 is 0 Å². The zero-order valence-electron chi connectivity index (χ0n) is 27.7. The first kappa shape index (κ1) is 37.1. The van der Waals surface area contributed by atoms with Crippen LogP contribution in [0, 0.1) is 5.41 Å². The van der Waals surface area contributed by atoms with Gasteiger partial charge < -0.3 is 4.74 Å². The van der Waals surface area contributed by atoms with E-state index in [4.69, 9.17) is 4.74 Å². The van der Waals surface area contributed by atoms with Crippen molar-refractivity contribution in [3.05, 3.63) is 94.7 Å². The number of unbranched alkanes of at least 4 members (excludes halogenated alkanes) is 8. The van der Waals surface area contributed by atoms with E-state index in [1.165, 1.54) is 67.7 Å². The van der Waals surface area contributed by atoms with Gasteiger partial charge in [-0.05, 0) is 57.6 Å². The highest BCUT2D eigenvalue weighted by Gasteiger charge is 2.34. The highest BCUT2D eigenvalue weighted by molar-refractivity contribution is 5.69. The number of hydrogen-bond donors (Lipinski definition) is 0. The van der Waals surface area contributed by atoms with E-state index < -0.39 is 0 Å². The number of carbonyl (C=O) groups excluding carboxylic acids is 2. The van der Waals surface area contributed by atoms with Gasteiger partial charge in [-0.1, -0.05) is 155 Å². The zero-order valence-corrected chi connectivity index (χ0v) is 27.7. The second kappa shape index (κ2) is 21.7. The fourth-order valence-electron chi connectivity index (χ4n) is 5.40. The van der Waals surface area contributed by atoms with Crippen LogP contribution in [0.15, 0.2) is 94.7 Å². The van der Waals surface area contributed by atoms with Gasteiger partial charge in [0.25, 0.3) is 0 Å². The lowest BCUT2D eigenvalue weighted by Crippen LogP contribution is -2.31. The molecule has 0 saturated carbocycles. The summed E-state index contributed by atoms with van der Waals surface area (Å²) in [5, 5.41) is 0. The van der Waals surface area contributed by atoms with Gasteiger partial charge in [0.05, 0.1) is 0 Å². The number of ether oxygens (including phenoxy) is 1. The van der Waals surface area contributed by atoms with E-state index in [-0.39, 0.29) is 17.5 Å². The molecule has 0 aliphatic heterocycles. The van der Waals surface area contributed by atoms with Crippen molar-refractivity contribution in [1.29, 1.82) is 0 Å². The maximum atomic E-state index is 12.5. The van der Waals surface area contributed by atoms with E-state index in [1.54, 1.807) is 6.08 Å². The van der Waals surface area contributed by atoms with Gasteiger partial charge in [0.15, 0.2) is 0 Å². The predicted molar refractivity (Wildman–Crippen MR) is 181 cm³/mol. The molecule has 1 atom stereocenters. The summed E-state index contributed by atoms with van der Waals surface area (Å²) in [7, 11) is 0. The molecule has 1 aliphatic carbocycles. The number of aldehydes is 1. The molecule has 0 heterocycles. The number of esters is 1. The highest BCUT2D eigenvalue weighted by Crippen LogP contribution is 2.42. The summed E-state index contributed by atoms with van der Waals surface area (Å²) in [6.45, 7) is 15.1. The number of allylic oxidation sites excluding steroid dienone is 15. The highest BCUT2D eigenvalue weighted by atomic mass is 16.5. The molecule has 1 aliphatic rings. The van der Waals surface area contributed by atoms with Crippen molar-refractivity contribution in [2.45, 2.75) is 132 Å². The summed E-state index contributed by atoms with van der Waals surface area (Å²) >= 11 is 0. The van der Waals surface area contributed by atoms with Crippen LogP contribution in [0.3, 0.4) is 0 Å². The molecule has 0 amide bonds. The normalized spacial score (nSPS) is 18.7. The average Bonchev–Trinajstić information content (AvgIpc) is 2.92. The summed E-state index contributed by atoms with van der Waals surface area (Å²) in [4.78, 5) is 22.9. The Morgan fingerprint density at radius 2 is 1.31 bits per heavy atom. The smallest absolute Gasteiger partial charge is 0.306 e. The van der Waals surface area contributed by atoms with Crippen molar-refractivity contribution in [3.8, 4) is 0 Å². The second-order valence-electron chi connectivity index (χ2n) is 12.5. The molecule has 42 heavy (non-hydrogen) atoms. The van der Waals surface area contributed by atoms with Crippen LogP contribution in [-0.4, -0.2) is 18.4 Å². The molecule has 0 aromatic rings. The Kier molecular flexibility index (Phi) is 19.2. The van der Waals surface area contributed by atoms with E-state index in [9.17, 15) is 9.59 Å². The quantitative estimate of drug-likeness (QED) is 0.0506. The Bertz CT molecular complexity index is 1070. The molecule has 0 fully saturated rings. The van der Waals surface area contributed by atoms with Crippen molar-refractivity contribution < 1.29 is 14.3 Å². The van der Waals surface area contributed by atoms with Crippen molar-refractivity contribution in [2.24, 2.45) is 5.41 Å². The van der Waals surface area contributed by atoms with Crippen molar-refractivity contribution in [1.82, 2.24) is 0 Å². The lowest BCUT2D eigenvalue weighted by molar-refractivity contribution is -0.150. The molecule has 0 unspecified atom stereocenters. The van der Waals surface area contributed by atoms with E-state index in [0.717, 1.165) is 43.1 Å².